The first kappa shape index (κ1) is 18.2. The van der Waals surface area contributed by atoms with E-state index in [1.807, 2.05) is 23.7 Å². The molecule has 1 aromatic heterocycles. The molecule has 0 aliphatic rings. The minimum Gasteiger partial charge on any atom is -0.497 e. The summed E-state index contributed by atoms with van der Waals surface area (Å²) in [6.45, 7) is 4.18. The van der Waals surface area contributed by atoms with Crippen molar-refractivity contribution in [3.63, 3.8) is 0 Å². The highest BCUT2D eigenvalue weighted by atomic mass is 32.1. The van der Waals surface area contributed by atoms with Gasteiger partial charge in [-0.15, -0.1) is 0 Å². The minimum absolute atomic E-state index is 0.180. The number of benzene rings is 2. The lowest BCUT2D eigenvalue weighted by Crippen LogP contribution is -2.14. The quantitative estimate of drug-likeness (QED) is 0.706. The van der Waals surface area contributed by atoms with Crippen LogP contribution in [0, 0.1) is 13.8 Å². The first-order valence-corrected chi connectivity index (χ1v) is 9.10. The van der Waals surface area contributed by atoms with E-state index in [1.54, 1.807) is 20.3 Å². The Hall–Kier alpha value is -2.60. The van der Waals surface area contributed by atoms with E-state index in [9.17, 15) is 4.79 Å². The molecular weight excluding hydrogens is 348 g/mol. The first-order chi connectivity index (χ1) is 12.4. The standard InChI is InChI=1S/C20H22N2O3S/c1-12-8-16-18(9-13(12)2)26-20(22(16)3)21-19(23)10-14-6-7-15(24-4)11-17(14)25-5/h6-9,11H,10H2,1-5H3. The molecular formula is C20H22N2O3S. The predicted molar refractivity (Wildman–Crippen MR) is 104 cm³/mol. The molecule has 3 aromatic rings. The molecule has 0 aliphatic carbocycles. The van der Waals surface area contributed by atoms with Crippen LogP contribution < -0.4 is 14.3 Å². The summed E-state index contributed by atoms with van der Waals surface area (Å²) in [6.07, 6.45) is 0.180. The monoisotopic (exact) mass is 370 g/mol. The van der Waals surface area contributed by atoms with Crippen molar-refractivity contribution in [1.29, 1.82) is 0 Å². The van der Waals surface area contributed by atoms with E-state index in [1.165, 1.54) is 22.5 Å². The van der Waals surface area contributed by atoms with Crippen molar-refractivity contribution in [2.75, 3.05) is 14.2 Å². The van der Waals surface area contributed by atoms with Crippen LogP contribution in [-0.2, 0) is 18.3 Å². The van der Waals surface area contributed by atoms with Gasteiger partial charge in [0, 0.05) is 18.7 Å². The highest BCUT2D eigenvalue weighted by Gasteiger charge is 2.11. The fourth-order valence-electron chi connectivity index (χ4n) is 2.79. The Bertz CT molecular complexity index is 1050. The maximum Gasteiger partial charge on any atom is 0.252 e. The smallest absolute Gasteiger partial charge is 0.252 e. The zero-order valence-electron chi connectivity index (χ0n) is 15.6. The van der Waals surface area contributed by atoms with Gasteiger partial charge in [0.25, 0.3) is 5.91 Å². The Morgan fingerprint density at radius 2 is 1.85 bits per heavy atom. The number of carbonyl (C=O) groups is 1. The van der Waals surface area contributed by atoms with Gasteiger partial charge in [-0.3, -0.25) is 4.79 Å². The van der Waals surface area contributed by atoms with E-state index in [-0.39, 0.29) is 12.3 Å². The lowest BCUT2D eigenvalue weighted by Gasteiger charge is -2.08. The fraction of sp³-hybridized carbons (Fsp3) is 0.300. The molecule has 0 aliphatic heterocycles. The molecule has 2 aromatic carbocycles. The Kier molecular flexibility index (Phi) is 5.13. The molecule has 0 N–H and O–H groups in total. The molecule has 136 valence electrons. The van der Waals surface area contributed by atoms with Crippen molar-refractivity contribution >= 4 is 27.5 Å². The molecule has 3 rings (SSSR count). The molecule has 1 heterocycles. The number of rotatable bonds is 4. The normalized spacial score (nSPS) is 11.8. The molecule has 0 atom stereocenters. The summed E-state index contributed by atoms with van der Waals surface area (Å²) in [6, 6.07) is 9.70. The predicted octanol–water partition coefficient (Wildman–Crippen LogP) is 3.54. The van der Waals surface area contributed by atoms with Gasteiger partial charge in [-0.2, -0.15) is 4.99 Å². The first-order valence-electron chi connectivity index (χ1n) is 8.28. The van der Waals surface area contributed by atoms with E-state index in [4.69, 9.17) is 9.47 Å². The lowest BCUT2D eigenvalue weighted by atomic mass is 10.1. The highest BCUT2D eigenvalue weighted by Crippen LogP contribution is 2.25. The average molecular weight is 370 g/mol. The SMILES string of the molecule is COc1ccc(CC(=O)N=c2sc3cc(C)c(C)cc3n2C)c(OC)c1. The van der Waals surface area contributed by atoms with Crippen molar-refractivity contribution in [3.05, 3.63) is 51.8 Å². The number of aryl methyl sites for hydroxylation is 3. The summed E-state index contributed by atoms with van der Waals surface area (Å²) in [5.74, 6) is 1.11. The molecule has 0 radical (unpaired) electrons. The third-order valence-electron chi connectivity index (χ3n) is 4.48. The third kappa shape index (κ3) is 3.51. The number of nitrogens with zero attached hydrogens (tertiary/aromatic N) is 2. The summed E-state index contributed by atoms with van der Waals surface area (Å²) in [7, 11) is 5.12. The Morgan fingerprint density at radius 3 is 2.54 bits per heavy atom. The molecule has 0 bridgehead atoms. The fourth-order valence-corrected chi connectivity index (χ4v) is 3.91. The minimum atomic E-state index is -0.205. The Morgan fingerprint density at radius 1 is 1.12 bits per heavy atom. The van der Waals surface area contributed by atoms with E-state index in [2.05, 4.69) is 31.0 Å². The summed E-state index contributed by atoms with van der Waals surface area (Å²) >= 11 is 1.53. The van der Waals surface area contributed by atoms with Gasteiger partial charge < -0.3 is 14.0 Å². The van der Waals surface area contributed by atoms with E-state index >= 15 is 0 Å². The second-order valence-electron chi connectivity index (χ2n) is 6.21. The van der Waals surface area contributed by atoms with Gasteiger partial charge >= 0.3 is 0 Å². The number of amides is 1. The molecule has 0 saturated carbocycles. The number of methoxy groups -OCH3 is 2. The van der Waals surface area contributed by atoms with Crippen molar-refractivity contribution in [1.82, 2.24) is 4.57 Å². The van der Waals surface area contributed by atoms with Crippen LogP contribution >= 0.6 is 11.3 Å². The van der Waals surface area contributed by atoms with Crippen molar-refractivity contribution in [2.45, 2.75) is 20.3 Å². The topological polar surface area (TPSA) is 52.8 Å². The maximum atomic E-state index is 12.5. The van der Waals surface area contributed by atoms with Crippen LogP contribution in [0.4, 0.5) is 0 Å². The van der Waals surface area contributed by atoms with E-state index in [0.29, 0.717) is 16.3 Å². The molecule has 5 nitrogen and oxygen atoms in total. The number of hydrogen-bond acceptors (Lipinski definition) is 4. The van der Waals surface area contributed by atoms with Gasteiger partial charge in [0.15, 0.2) is 4.80 Å². The summed E-state index contributed by atoms with van der Waals surface area (Å²) in [5, 5.41) is 0. The van der Waals surface area contributed by atoms with E-state index in [0.717, 1.165) is 15.8 Å². The van der Waals surface area contributed by atoms with Crippen LogP contribution in [0.15, 0.2) is 35.3 Å². The summed E-state index contributed by atoms with van der Waals surface area (Å²) in [4.78, 5) is 17.5. The molecule has 26 heavy (non-hydrogen) atoms. The van der Waals surface area contributed by atoms with Gasteiger partial charge in [0.1, 0.15) is 11.5 Å². The van der Waals surface area contributed by atoms with Gasteiger partial charge in [-0.25, -0.2) is 0 Å². The van der Waals surface area contributed by atoms with Crippen LogP contribution in [0.25, 0.3) is 10.2 Å². The number of aromatic nitrogens is 1. The number of thiazole rings is 1. The summed E-state index contributed by atoms with van der Waals surface area (Å²) in [5.41, 5.74) is 4.34. The second kappa shape index (κ2) is 7.33. The number of fused-ring (bicyclic) bond motifs is 1. The molecule has 0 spiro atoms. The zero-order chi connectivity index (χ0) is 18.8. The third-order valence-corrected chi connectivity index (χ3v) is 5.58. The molecule has 6 heteroatoms. The highest BCUT2D eigenvalue weighted by molar-refractivity contribution is 7.16. The average Bonchev–Trinajstić information content (AvgIpc) is 2.91. The summed E-state index contributed by atoms with van der Waals surface area (Å²) < 4.78 is 13.6. The van der Waals surface area contributed by atoms with Crippen molar-refractivity contribution in [3.8, 4) is 11.5 Å². The Balaban J connectivity index is 1.94. The molecule has 0 fully saturated rings. The van der Waals surface area contributed by atoms with E-state index < -0.39 is 0 Å². The zero-order valence-corrected chi connectivity index (χ0v) is 16.4. The van der Waals surface area contributed by atoms with Gasteiger partial charge in [0.2, 0.25) is 0 Å². The molecule has 1 amide bonds. The second-order valence-corrected chi connectivity index (χ2v) is 7.22. The lowest BCUT2D eigenvalue weighted by molar-refractivity contribution is -0.117. The largest absolute Gasteiger partial charge is 0.497 e. The van der Waals surface area contributed by atoms with Crippen molar-refractivity contribution in [2.24, 2.45) is 12.0 Å². The van der Waals surface area contributed by atoms with Crippen LogP contribution in [-0.4, -0.2) is 24.7 Å². The molecule has 0 saturated heterocycles. The number of hydrogen-bond donors (Lipinski definition) is 0. The molecule has 0 unspecified atom stereocenters. The van der Waals surface area contributed by atoms with Gasteiger partial charge in [-0.1, -0.05) is 17.4 Å². The number of carbonyl (C=O) groups excluding carboxylic acids is 1. The van der Waals surface area contributed by atoms with Crippen molar-refractivity contribution < 1.29 is 14.3 Å². The van der Waals surface area contributed by atoms with Gasteiger partial charge in [-0.05, 0) is 43.2 Å². The van der Waals surface area contributed by atoms with Gasteiger partial charge in [0.05, 0.1) is 30.9 Å². The maximum absolute atomic E-state index is 12.5. The van der Waals surface area contributed by atoms with Crippen LogP contribution in [0.1, 0.15) is 16.7 Å². The number of ether oxygens (including phenoxy) is 2. The van der Waals surface area contributed by atoms with Crippen LogP contribution in [0.5, 0.6) is 11.5 Å². The van der Waals surface area contributed by atoms with Crippen LogP contribution in [0.3, 0.4) is 0 Å². The Labute approximate surface area is 156 Å². The van der Waals surface area contributed by atoms with Crippen LogP contribution in [0.2, 0.25) is 0 Å².